The Bertz CT molecular complexity index is 1380. The highest BCUT2D eigenvalue weighted by Crippen LogP contribution is 2.43. The van der Waals surface area contributed by atoms with E-state index >= 15 is 0 Å². The van der Waals surface area contributed by atoms with Crippen molar-refractivity contribution in [3.05, 3.63) is 182 Å². The number of nitrogens with one attached hydrogen (secondary N) is 2. The topological polar surface area (TPSA) is 111 Å². The highest BCUT2D eigenvalue weighted by atomic mass is 31.2. The molecule has 42 heavy (non-hydrogen) atoms. The van der Waals surface area contributed by atoms with Gasteiger partial charge in [-0.05, 0) is 31.8 Å². The van der Waals surface area contributed by atoms with Crippen molar-refractivity contribution < 1.29 is 11.0 Å². The minimum absolute atomic E-state index is 0. The molecular formula is C36H36N2O2P2. The largest absolute Gasteiger partial charge is 0.412 e. The second-order valence-electron chi connectivity index (χ2n) is 9.35. The van der Waals surface area contributed by atoms with Crippen molar-refractivity contribution in [2.45, 2.75) is 0 Å². The SMILES string of the molecule is N=P(c1ccccc1)(c1ccccc1)c1ccccc1.N=P(c1ccccc1)(c1ccccc1)c1ccccc1.O.O. The van der Waals surface area contributed by atoms with Gasteiger partial charge in [0, 0.05) is 0 Å². The van der Waals surface area contributed by atoms with Crippen LogP contribution in [0.15, 0.2) is 182 Å². The van der Waals surface area contributed by atoms with E-state index in [-0.39, 0.29) is 11.0 Å². The van der Waals surface area contributed by atoms with E-state index in [0.29, 0.717) is 0 Å². The van der Waals surface area contributed by atoms with Gasteiger partial charge in [0.1, 0.15) is 0 Å². The molecule has 0 bridgehead atoms. The smallest absolute Gasteiger partial charge is 0.0512 e. The van der Waals surface area contributed by atoms with Crippen molar-refractivity contribution in [1.29, 1.82) is 10.3 Å². The van der Waals surface area contributed by atoms with Crippen molar-refractivity contribution in [3.8, 4) is 0 Å². The molecule has 0 unspecified atom stereocenters. The molecule has 212 valence electrons. The summed E-state index contributed by atoms with van der Waals surface area (Å²) >= 11 is 0. The fraction of sp³-hybridized carbons (Fsp3) is 0. The monoisotopic (exact) mass is 590 g/mol. The zero-order chi connectivity index (χ0) is 27.7. The lowest BCUT2D eigenvalue weighted by Crippen LogP contribution is -2.24. The number of hydrogen-bond acceptors (Lipinski definition) is 2. The van der Waals surface area contributed by atoms with Crippen molar-refractivity contribution in [3.63, 3.8) is 0 Å². The highest BCUT2D eigenvalue weighted by molar-refractivity contribution is 7.86. The first-order chi connectivity index (χ1) is 19.6. The summed E-state index contributed by atoms with van der Waals surface area (Å²) in [6, 6.07) is 61.1. The molecule has 0 fully saturated rings. The molecule has 6 rings (SSSR count). The summed E-state index contributed by atoms with van der Waals surface area (Å²) in [6.07, 6.45) is 0. The second kappa shape index (κ2) is 15.1. The lowest BCUT2D eigenvalue weighted by molar-refractivity contribution is 0.823. The molecule has 0 aliphatic rings. The lowest BCUT2D eigenvalue weighted by Gasteiger charge is -2.24. The van der Waals surface area contributed by atoms with Crippen LogP contribution in [0.2, 0.25) is 0 Å². The van der Waals surface area contributed by atoms with Crippen LogP contribution in [-0.2, 0) is 0 Å². The molecule has 0 radical (unpaired) electrons. The summed E-state index contributed by atoms with van der Waals surface area (Å²) in [5, 5.41) is 25.1. The fourth-order valence-corrected chi connectivity index (χ4v) is 10.3. The standard InChI is InChI=1S/2C18H16NP.2H2O/c2*19-20(16-10-4-1-5-11-16,17-12-6-2-7-13-17)18-14-8-3-9-15-18;;/h2*1-15,19H;2*1H2. The number of rotatable bonds is 6. The Balaban J connectivity index is 0.000000220. The molecule has 0 heterocycles. The number of benzene rings is 6. The normalized spacial score (nSPS) is 10.7. The Kier molecular flexibility index (Phi) is 11.6. The molecule has 6 aromatic carbocycles. The summed E-state index contributed by atoms with van der Waals surface area (Å²) in [6.45, 7) is 0. The quantitative estimate of drug-likeness (QED) is 0.227. The Morgan fingerprint density at radius 3 is 0.476 bits per heavy atom. The van der Waals surface area contributed by atoms with Gasteiger partial charge in [0.15, 0.2) is 0 Å². The van der Waals surface area contributed by atoms with Crippen LogP contribution in [0.25, 0.3) is 0 Å². The molecule has 0 amide bonds. The van der Waals surface area contributed by atoms with E-state index < -0.39 is 14.1 Å². The maximum Gasteiger partial charge on any atom is 0.0512 e. The summed E-state index contributed by atoms with van der Waals surface area (Å²) in [4.78, 5) is 0. The zero-order valence-electron chi connectivity index (χ0n) is 23.2. The Morgan fingerprint density at radius 2 is 0.357 bits per heavy atom. The van der Waals surface area contributed by atoms with Gasteiger partial charge in [-0.15, -0.1) is 0 Å². The van der Waals surface area contributed by atoms with Gasteiger partial charge in [-0.3, -0.25) is 0 Å². The molecule has 0 saturated heterocycles. The average Bonchev–Trinajstić information content (AvgIpc) is 3.07. The molecule has 6 heteroatoms. The molecular weight excluding hydrogens is 554 g/mol. The van der Waals surface area contributed by atoms with E-state index in [9.17, 15) is 10.3 Å². The highest BCUT2D eigenvalue weighted by Gasteiger charge is 2.25. The van der Waals surface area contributed by atoms with Crippen molar-refractivity contribution in [2.24, 2.45) is 0 Å². The maximum absolute atomic E-state index is 9.25. The van der Waals surface area contributed by atoms with E-state index in [1.165, 1.54) is 0 Å². The van der Waals surface area contributed by atoms with Crippen molar-refractivity contribution in [1.82, 2.24) is 0 Å². The molecule has 0 aromatic heterocycles. The third kappa shape index (κ3) is 6.77. The van der Waals surface area contributed by atoms with Gasteiger partial charge in [0.05, 0.1) is 14.1 Å². The Hall–Kier alpha value is -4.30. The van der Waals surface area contributed by atoms with Gasteiger partial charge >= 0.3 is 0 Å². The Morgan fingerprint density at radius 1 is 0.238 bits per heavy atom. The van der Waals surface area contributed by atoms with Crippen LogP contribution in [0, 0.1) is 10.3 Å². The van der Waals surface area contributed by atoms with Gasteiger partial charge < -0.3 is 21.3 Å². The van der Waals surface area contributed by atoms with E-state index in [2.05, 4.69) is 72.8 Å². The van der Waals surface area contributed by atoms with Crippen molar-refractivity contribution in [2.75, 3.05) is 0 Å². The summed E-state index contributed by atoms with van der Waals surface area (Å²) in [7, 11) is -4.55. The van der Waals surface area contributed by atoms with Crippen LogP contribution in [-0.4, -0.2) is 11.0 Å². The lowest BCUT2D eigenvalue weighted by atomic mass is 10.4. The second-order valence-corrected chi connectivity index (χ2v) is 15.1. The van der Waals surface area contributed by atoms with Gasteiger partial charge in [0.25, 0.3) is 0 Å². The van der Waals surface area contributed by atoms with Crippen LogP contribution >= 0.6 is 14.1 Å². The third-order valence-electron chi connectivity index (χ3n) is 6.86. The van der Waals surface area contributed by atoms with Crippen LogP contribution in [0.1, 0.15) is 0 Å². The van der Waals surface area contributed by atoms with Gasteiger partial charge in [-0.1, -0.05) is 182 Å². The zero-order valence-corrected chi connectivity index (χ0v) is 25.0. The van der Waals surface area contributed by atoms with E-state index in [1.54, 1.807) is 0 Å². The third-order valence-corrected chi connectivity index (χ3v) is 13.3. The first kappa shape index (κ1) is 32.2. The summed E-state index contributed by atoms with van der Waals surface area (Å²) < 4.78 is 0. The van der Waals surface area contributed by atoms with Gasteiger partial charge in [0.2, 0.25) is 0 Å². The van der Waals surface area contributed by atoms with E-state index in [4.69, 9.17) is 0 Å². The first-order valence-corrected chi connectivity index (χ1v) is 16.8. The fourth-order valence-electron chi connectivity index (χ4n) is 4.80. The molecule has 6 N–H and O–H groups in total. The summed E-state index contributed by atoms with van der Waals surface area (Å²) in [5.41, 5.74) is 0. The molecule has 6 aromatic rings. The molecule has 0 spiro atoms. The average molecular weight is 591 g/mol. The van der Waals surface area contributed by atoms with Crippen LogP contribution in [0.4, 0.5) is 0 Å². The molecule has 0 saturated carbocycles. The maximum atomic E-state index is 9.25. The molecule has 0 aliphatic heterocycles. The Labute approximate surface area is 248 Å². The van der Waals surface area contributed by atoms with E-state index in [1.807, 2.05) is 109 Å². The van der Waals surface area contributed by atoms with Crippen LogP contribution in [0.5, 0.6) is 0 Å². The predicted octanol–water partition coefficient (Wildman–Crippen LogP) is 5.84. The predicted molar refractivity (Wildman–Crippen MR) is 183 cm³/mol. The molecule has 4 nitrogen and oxygen atoms in total. The van der Waals surface area contributed by atoms with Crippen LogP contribution in [0.3, 0.4) is 0 Å². The van der Waals surface area contributed by atoms with Gasteiger partial charge in [-0.2, -0.15) is 0 Å². The molecule has 0 aliphatic carbocycles. The minimum Gasteiger partial charge on any atom is -0.412 e. The summed E-state index contributed by atoms with van der Waals surface area (Å²) in [5.74, 6) is 0. The van der Waals surface area contributed by atoms with Gasteiger partial charge in [-0.25, -0.2) is 0 Å². The van der Waals surface area contributed by atoms with Crippen molar-refractivity contribution >= 4 is 45.9 Å². The minimum atomic E-state index is -2.28. The number of hydrogen-bond donors (Lipinski definition) is 2. The van der Waals surface area contributed by atoms with E-state index in [0.717, 1.165) is 31.8 Å². The first-order valence-electron chi connectivity index (χ1n) is 13.3. The van der Waals surface area contributed by atoms with Crippen LogP contribution < -0.4 is 31.8 Å². The molecule has 0 atom stereocenters.